The van der Waals surface area contributed by atoms with E-state index in [0.29, 0.717) is 16.3 Å². The van der Waals surface area contributed by atoms with Gasteiger partial charge in [0.15, 0.2) is 0 Å². The van der Waals surface area contributed by atoms with Crippen LogP contribution in [-0.4, -0.2) is 20.9 Å². The highest BCUT2D eigenvalue weighted by molar-refractivity contribution is 7.92. The molecule has 1 amide bonds. The second-order valence-corrected chi connectivity index (χ2v) is 9.01. The molecule has 8 heteroatoms. The van der Waals surface area contributed by atoms with E-state index in [1.807, 2.05) is 13.0 Å². The minimum Gasteiger partial charge on any atom is -0.350 e. The van der Waals surface area contributed by atoms with E-state index in [4.69, 9.17) is 11.6 Å². The van der Waals surface area contributed by atoms with Crippen molar-refractivity contribution in [1.29, 1.82) is 0 Å². The Hall–Kier alpha value is -2.90. The number of anilines is 1. The average molecular weight is 447 g/mol. The number of aryl methyl sites for hydroxylation is 1. The van der Waals surface area contributed by atoms with Crippen molar-refractivity contribution in [1.82, 2.24) is 5.32 Å². The topological polar surface area (TPSA) is 66.5 Å². The fourth-order valence-electron chi connectivity index (χ4n) is 2.82. The molecule has 3 aromatic carbocycles. The van der Waals surface area contributed by atoms with Crippen molar-refractivity contribution in [3.63, 3.8) is 0 Å². The van der Waals surface area contributed by atoms with Crippen molar-refractivity contribution in [3.05, 3.63) is 94.8 Å². The predicted octanol–water partition coefficient (Wildman–Crippen LogP) is 4.30. The number of hydrogen-bond acceptors (Lipinski definition) is 3. The number of nitrogens with zero attached hydrogens (tertiary/aromatic N) is 1. The minimum absolute atomic E-state index is 0.0275. The molecule has 0 saturated carbocycles. The summed E-state index contributed by atoms with van der Waals surface area (Å²) in [6.45, 7) is 1.59. The first-order valence-electron chi connectivity index (χ1n) is 9.12. The first-order valence-corrected chi connectivity index (χ1v) is 10.9. The Kier molecular flexibility index (Phi) is 6.74. The number of amides is 1. The van der Waals surface area contributed by atoms with E-state index in [9.17, 15) is 17.6 Å². The van der Waals surface area contributed by atoms with Gasteiger partial charge in [0.1, 0.15) is 12.4 Å². The maximum atomic E-state index is 13.3. The summed E-state index contributed by atoms with van der Waals surface area (Å²) in [5.74, 6) is -0.858. The Balaban J connectivity index is 1.85. The summed E-state index contributed by atoms with van der Waals surface area (Å²) < 4.78 is 40.6. The van der Waals surface area contributed by atoms with Gasteiger partial charge in [0.25, 0.3) is 10.0 Å². The molecule has 0 fully saturated rings. The Bertz CT molecular complexity index is 1130. The molecule has 0 aliphatic rings. The molecule has 30 heavy (non-hydrogen) atoms. The third-order valence-corrected chi connectivity index (χ3v) is 6.42. The van der Waals surface area contributed by atoms with Crippen LogP contribution in [0.25, 0.3) is 0 Å². The molecular formula is C22H20ClFN2O3S. The van der Waals surface area contributed by atoms with Gasteiger partial charge in [-0.25, -0.2) is 12.8 Å². The number of carbonyl (C=O) groups excluding carboxylic acids is 1. The van der Waals surface area contributed by atoms with Gasteiger partial charge in [-0.05, 0) is 66.6 Å². The van der Waals surface area contributed by atoms with Gasteiger partial charge in [0, 0.05) is 11.6 Å². The smallest absolute Gasteiger partial charge is 0.264 e. The standard InChI is InChI=1S/C22H20ClFN2O3S/c1-16-3-2-4-20(13-16)26(30(28,29)21-11-7-18(23)8-12-21)15-22(27)25-14-17-5-9-19(24)10-6-17/h2-13H,14-15H2,1H3,(H,25,27). The number of rotatable bonds is 7. The molecule has 0 radical (unpaired) electrons. The Morgan fingerprint density at radius 3 is 2.33 bits per heavy atom. The van der Waals surface area contributed by atoms with Crippen molar-refractivity contribution >= 4 is 33.2 Å². The summed E-state index contributed by atoms with van der Waals surface area (Å²) in [6, 6.07) is 18.4. The molecule has 0 aliphatic heterocycles. The molecule has 0 spiro atoms. The minimum atomic E-state index is -4.01. The first kappa shape index (κ1) is 21.8. The third-order valence-electron chi connectivity index (χ3n) is 4.38. The van der Waals surface area contributed by atoms with E-state index in [0.717, 1.165) is 9.87 Å². The van der Waals surface area contributed by atoms with Crippen LogP contribution in [0.15, 0.2) is 77.7 Å². The van der Waals surface area contributed by atoms with E-state index < -0.39 is 22.5 Å². The van der Waals surface area contributed by atoms with Gasteiger partial charge in [-0.2, -0.15) is 0 Å². The highest BCUT2D eigenvalue weighted by Crippen LogP contribution is 2.25. The lowest BCUT2D eigenvalue weighted by molar-refractivity contribution is -0.119. The lowest BCUT2D eigenvalue weighted by atomic mass is 10.2. The van der Waals surface area contributed by atoms with Crippen LogP contribution in [0.2, 0.25) is 5.02 Å². The fraction of sp³-hybridized carbons (Fsp3) is 0.136. The van der Waals surface area contributed by atoms with Crippen molar-refractivity contribution in [2.75, 3.05) is 10.8 Å². The number of hydrogen-bond donors (Lipinski definition) is 1. The Morgan fingerprint density at radius 2 is 1.70 bits per heavy atom. The van der Waals surface area contributed by atoms with E-state index >= 15 is 0 Å². The highest BCUT2D eigenvalue weighted by atomic mass is 35.5. The second-order valence-electron chi connectivity index (χ2n) is 6.71. The zero-order valence-electron chi connectivity index (χ0n) is 16.2. The lowest BCUT2D eigenvalue weighted by Gasteiger charge is -2.24. The molecule has 0 atom stereocenters. The molecule has 0 aromatic heterocycles. The molecule has 0 heterocycles. The zero-order chi connectivity index (χ0) is 21.7. The molecule has 1 N–H and O–H groups in total. The largest absolute Gasteiger partial charge is 0.350 e. The zero-order valence-corrected chi connectivity index (χ0v) is 17.8. The predicted molar refractivity (Wildman–Crippen MR) is 115 cm³/mol. The van der Waals surface area contributed by atoms with Gasteiger partial charge in [-0.15, -0.1) is 0 Å². The quantitative estimate of drug-likeness (QED) is 0.588. The van der Waals surface area contributed by atoms with Crippen molar-refractivity contribution < 1.29 is 17.6 Å². The summed E-state index contributed by atoms with van der Waals surface area (Å²) >= 11 is 5.88. The van der Waals surface area contributed by atoms with Crippen molar-refractivity contribution in [3.8, 4) is 0 Å². The van der Waals surface area contributed by atoms with Crippen LogP contribution in [0.1, 0.15) is 11.1 Å². The molecule has 3 aromatic rings. The van der Waals surface area contributed by atoms with Gasteiger partial charge >= 0.3 is 0 Å². The number of sulfonamides is 1. The fourth-order valence-corrected chi connectivity index (χ4v) is 4.36. The average Bonchev–Trinajstić information content (AvgIpc) is 2.72. The lowest BCUT2D eigenvalue weighted by Crippen LogP contribution is -2.40. The monoisotopic (exact) mass is 446 g/mol. The highest BCUT2D eigenvalue weighted by Gasteiger charge is 2.27. The van der Waals surface area contributed by atoms with Crippen LogP contribution in [0.5, 0.6) is 0 Å². The number of nitrogens with one attached hydrogen (secondary N) is 1. The summed E-state index contributed by atoms with van der Waals surface area (Å²) in [7, 11) is -4.01. The van der Waals surface area contributed by atoms with Crippen molar-refractivity contribution in [2.24, 2.45) is 0 Å². The van der Waals surface area contributed by atoms with E-state index in [1.54, 1.807) is 30.3 Å². The van der Waals surface area contributed by atoms with Crippen molar-refractivity contribution in [2.45, 2.75) is 18.4 Å². The van der Waals surface area contributed by atoms with Gasteiger partial charge in [-0.3, -0.25) is 9.10 Å². The van der Waals surface area contributed by atoms with Crippen LogP contribution < -0.4 is 9.62 Å². The van der Waals surface area contributed by atoms with Crippen LogP contribution in [0.4, 0.5) is 10.1 Å². The summed E-state index contributed by atoms with van der Waals surface area (Å²) in [5.41, 5.74) is 1.94. The van der Waals surface area contributed by atoms with Crippen LogP contribution in [0, 0.1) is 12.7 Å². The van der Waals surface area contributed by atoms with Gasteiger partial charge in [-0.1, -0.05) is 35.9 Å². The summed E-state index contributed by atoms with van der Waals surface area (Å²) in [6.07, 6.45) is 0. The van der Waals surface area contributed by atoms with E-state index in [-0.39, 0.29) is 17.3 Å². The number of benzene rings is 3. The Morgan fingerprint density at radius 1 is 1.03 bits per heavy atom. The van der Waals surface area contributed by atoms with Gasteiger partial charge in [0.05, 0.1) is 10.6 Å². The van der Waals surface area contributed by atoms with Crippen LogP contribution >= 0.6 is 11.6 Å². The number of carbonyl (C=O) groups is 1. The molecule has 0 aliphatic carbocycles. The third kappa shape index (κ3) is 5.37. The SMILES string of the molecule is Cc1cccc(N(CC(=O)NCc2ccc(F)cc2)S(=O)(=O)c2ccc(Cl)cc2)c1. The molecular weight excluding hydrogens is 427 g/mol. The molecule has 0 unspecified atom stereocenters. The molecule has 3 rings (SSSR count). The first-order chi connectivity index (χ1) is 14.3. The summed E-state index contributed by atoms with van der Waals surface area (Å²) in [5, 5.41) is 3.09. The second kappa shape index (κ2) is 9.28. The normalized spacial score (nSPS) is 11.2. The maximum absolute atomic E-state index is 13.3. The summed E-state index contributed by atoms with van der Waals surface area (Å²) in [4.78, 5) is 12.6. The van der Waals surface area contributed by atoms with E-state index in [1.165, 1.54) is 36.4 Å². The Labute approximate surface area is 180 Å². The molecule has 0 bridgehead atoms. The van der Waals surface area contributed by atoms with Gasteiger partial charge in [0.2, 0.25) is 5.91 Å². The van der Waals surface area contributed by atoms with Gasteiger partial charge < -0.3 is 5.32 Å². The number of halogens is 2. The molecule has 156 valence electrons. The van der Waals surface area contributed by atoms with Crippen LogP contribution in [0.3, 0.4) is 0 Å². The molecule has 5 nitrogen and oxygen atoms in total. The van der Waals surface area contributed by atoms with E-state index in [2.05, 4.69) is 5.32 Å². The molecule has 0 saturated heterocycles. The maximum Gasteiger partial charge on any atom is 0.264 e. The van der Waals surface area contributed by atoms with Crippen LogP contribution in [-0.2, 0) is 21.4 Å².